The molecule has 0 spiro atoms. The van der Waals surface area contributed by atoms with E-state index in [0.29, 0.717) is 23.1 Å². The Morgan fingerprint density at radius 2 is 1.78 bits per heavy atom. The number of aromatic nitrogens is 2. The number of rotatable bonds is 5. The molecule has 0 radical (unpaired) electrons. The monoisotopic (exact) mass is 381 g/mol. The zero-order valence-electron chi connectivity index (χ0n) is 14.8. The van der Waals surface area contributed by atoms with Crippen molar-refractivity contribution in [2.24, 2.45) is 0 Å². The van der Waals surface area contributed by atoms with Crippen LogP contribution in [0.5, 0.6) is 5.75 Å². The molecule has 1 aliphatic heterocycles. The molecular formula is C20H19N3O3S. The first-order valence-electron chi connectivity index (χ1n) is 8.65. The van der Waals surface area contributed by atoms with E-state index >= 15 is 0 Å². The summed E-state index contributed by atoms with van der Waals surface area (Å²) in [6.45, 7) is 1.70. The molecule has 7 heteroatoms. The summed E-state index contributed by atoms with van der Waals surface area (Å²) in [7, 11) is -0.979. The van der Waals surface area contributed by atoms with Crippen LogP contribution >= 0.6 is 0 Å². The molecule has 6 nitrogen and oxygen atoms in total. The first kappa shape index (κ1) is 17.5. The maximum absolute atomic E-state index is 12.7. The summed E-state index contributed by atoms with van der Waals surface area (Å²) in [5.41, 5.74) is 2.44. The molecule has 0 saturated carbocycles. The first-order chi connectivity index (χ1) is 13.1. The summed E-state index contributed by atoms with van der Waals surface area (Å²) in [5, 5.41) is 7.51. The molecule has 27 heavy (non-hydrogen) atoms. The van der Waals surface area contributed by atoms with Crippen molar-refractivity contribution in [1.82, 2.24) is 9.78 Å². The highest BCUT2D eigenvalue weighted by atomic mass is 32.2. The van der Waals surface area contributed by atoms with Crippen molar-refractivity contribution in [3.8, 4) is 11.4 Å². The van der Waals surface area contributed by atoms with Gasteiger partial charge in [-0.2, -0.15) is 5.10 Å². The Morgan fingerprint density at radius 1 is 1.11 bits per heavy atom. The summed E-state index contributed by atoms with van der Waals surface area (Å²) < 4.78 is 19.4. The van der Waals surface area contributed by atoms with Crippen molar-refractivity contribution in [2.75, 3.05) is 5.32 Å². The van der Waals surface area contributed by atoms with Crippen LogP contribution in [0.2, 0.25) is 0 Å². The number of benzene rings is 2. The lowest BCUT2D eigenvalue weighted by Crippen LogP contribution is -2.31. The smallest absolute Gasteiger partial charge is 0.266 e. The van der Waals surface area contributed by atoms with E-state index in [4.69, 9.17) is 4.74 Å². The fourth-order valence-electron chi connectivity index (χ4n) is 2.99. The molecule has 138 valence electrons. The molecule has 2 aromatic carbocycles. The first-order valence-corrected chi connectivity index (χ1v) is 10.1. The van der Waals surface area contributed by atoms with E-state index in [1.54, 1.807) is 23.7 Å². The van der Waals surface area contributed by atoms with Gasteiger partial charge >= 0.3 is 0 Å². The highest BCUT2D eigenvalue weighted by Crippen LogP contribution is 2.31. The van der Waals surface area contributed by atoms with E-state index in [0.717, 1.165) is 16.9 Å². The Labute approximate surface area is 159 Å². The quantitative estimate of drug-likeness (QED) is 0.737. The number of para-hydroxylation sites is 2. The maximum atomic E-state index is 12.7. The Balaban J connectivity index is 1.61. The van der Waals surface area contributed by atoms with Crippen molar-refractivity contribution in [3.63, 3.8) is 0 Å². The molecular weight excluding hydrogens is 362 g/mol. The predicted octanol–water partition coefficient (Wildman–Crippen LogP) is 3.04. The van der Waals surface area contributed by atoms with Crippen LogP contribution in [0, 0.1) is 0 Å². The van der Waals surface area contributed by atoms with E-state index < -0.39 is 16.9 Å². The van der Waals surface area contributed by atoms with E-state index in [2.05, 4.69) is 10.4 Å². The van der Waals surface area contributed by atoms with Crippen molar-refractivity contribution >= 4 is 22.5 Å². The summed E-state index contributed by atoms with van der Waals surface area (Å²) in [4.78, 5) is 12.7. The fraction of sp³-hybridized carbons (Fsp3) is 0.200. The molecule has 0 unspecified atom stereocenters. The highest BCUT2D eigenvalue weighted by molar-refractivity contribution is 7.83. The Kier molecular flexibility index (Phi) is 4.77. The number of nitrogens with zero attached hydrogens (tertiary/aromatic N) is 2. The van der Waals surface area contributed by atoms with E-state index in [1.807, 2.05) is 48.5 Å². The van der Waals surface area contributed by atoms with Gasteiger partial charge in [-0.25, -0.2) is 4.68 Å². The van der Waals surface area contributed by atoms with Crippen molar-refractivity contribution in [2.45, 2.75) is 24.5 Å². The molecule has 2 heterocycles. The van der Waals surface area contributed by atoms with Gasteiger partial charge in [0.25, 0.3) is 5.91 Å². The molecule has 0 saturated heterocycles. The normalized spacial score (nSPS) is 16.6. The van der Waals surface area contributed by atoms with E-state index in [9.17, 15) is 9.00 Å². The van der Waals surface area contributed by atoms with Gasteiger partial charge in [-0.3, -0.25) is 9.00 Å². The fourth-order valence-corrected chi connectivity index (χ4v) is 4.25. The zero-order valence-corrected chi connectivity index (χ0v) is 15.6. The van der Waals surface area contributed by atoms with Gasteiger partial charge in [0.05, 0.1) is 22.9 Å². The van der Waals surface area contributed by atoms with Crippen molar-refractivity contribution in [1.29, 1.82) is 0 Å². The third-order valence-corrected chi connectivity index (χ3v) is 5.54. The number of ether oxygens (including phenoxy) is 1. The maximum Gasteiger partial charge on any atom is 0.266 e. The minimum Gasteiger partial charge on any atom is -0.481 e. The lowest BCUT2D eigenvalue weighted by molar-refractivity contribution is -0.122. The zero-order chi connectivity index (χ0) is 18.8. The topological polar surface area (TPSA) is 73.2 Å². The lowest BCUT2D eigenvalue weighted by Gasteiger charge is -2.16. The Bertz CT molecular complexity index is 986. The average molecular weight is 381 g/mol. The second-order valence-electron chi connectivity index (χ2n) is 6.31. The molecule has 1 amide bonds. The van der Waals surface area contributed by atoms with Crippen molar-refractivity contribution < 1.29 is 13.7 Å². The van der Waals surface area contributed by atoms with Crippen molar-refractivity contribution in [3.05, 3.63) is 71.9 Å². The molecule has 1 N–H and O–H groups in total. The lowest BCUT2D eigenvalue weighted by atomic mass is 10.2. The van der Waals surface area contributed by atoms with Gasteiger partial charge in [-0.05, 0) is 31.2 Å². The summed E-state index contributed by atoms with van der Waals surface area (Å²) >= 11 is 0. The molecule has 1 aromatic heterocycles. The van der Waals surface area contributed by atoms with Gasteiger partial charge in [0.15, 0.2) is 6.10 Å². The molecule has 4 rings (SSSR count). The summed E-state index contributed by atoms with van der Waals surface area (Å²) in [6.07, 6.45) is -0.686. The van der Waals surface area contributed by atoms with Crippen LogP contribution in [-0.2, 0) is 27.1 Å². The number of hydrogen-bond donors (Lipinski definition) is 1. The van der Waals surface area contributed by atoms with E-state index in [-0.39, 0.29) is 5.91 Å². The standard InChI is InChI=1S/C20H19N3O3S/c1-14(26-16-10-6-3-7-11-16)20(24)21-19-17-12-27(25)13-18(17)22-23(19)15-8-4-2-5-9-15/h2-11,14H,12-13H2,1H3,(H,21,24)/t14-,27+/m0/s1. The summed E-state index contributed by atoms with van der Waals surface area (Å²) in [6, 6.07) is 18.8. The molecule has 0 fully saturated rings. The minimum atomic E-state index is -0.979. The summed E-state index contributed by atoms with van der Waals surface area (Å²) in [5.74, 6) is 1.72. The number of hydrogen-bond acceptors (Lipinski definition) is 4. The number of fused-ring (bicyclic) bond motifs is 1. The largest absolute Gasteiger partial charge is 0.481 e. The molecule has 0 aliphatic carbocycles. The number of amides is 1. The van der Waals surface area contributed by atoms with Crippen LogP contribution in [0.15, 0.2) is 60.7 Å². The van der Waals surface area contributed by atoms with Gasteiger partial charge in [0, 0.05) is 16.4 Å². The minimum absolute atomic E-state index is 0.281. The third kappa shape index (κ3) is 3.64. The Hall–Kier alpha value is -2.93. The van der Waals surface area contributed by atoms with Crippen LogP contribution in [0.25, 0.3) is 5.69 Å². The van der Waals surface area contributed by atoms with Gasteiger partial charge in [-0.1, -0.05) is 36.4 Å². The average Bonchev–Trinajstić information content (AvgIpc) is 3.20. The molecule has 1 aliphatic rings. The second-order valence-corrected chi connectivity index (χ2v) is 7.77. The number of carbonyl (C=O) groups is 1. The number of carbonyl (C=O) groups excluding carboxylic acids is 1. The van der Waals surface area contributed by atoms with Gasteiger partial charge in [0.2, 0.25) is 0 Å². The highest BCUT2D eigenvalue weighted by Gasteiger charge is 2.29. The third-order valence-electron chi connectivity index (χ3n) is 4.34. The van der Waals surface area contributed by atoms with Gasteiger partial charge in [-0.15, -0.1) is 0 Å². The number of nitrogens with one attached hydrogen (secondary N) is 1. The Morgan fingerprint density at radius 3 is 2.48 bits per heavy atom. The number of anilines is 1. The van der Waals surface area contributed by atoms with Gasteiger partial charge in [0.1, 0.15) is 11.6 Å². The molecule has 0 bridgehead atoms. The van der Waals surface area contributed by atoms with Crippen LogP contribution in [-0.4, -0.2) is 26.0 Å². The molecule has 3 aromatic rings. The van der Waals surface area contributed by atoms with Crippen LogP contribution < -0.4 is 10.1 Å². The van der Waals surface area contributed by atoms with E-state index in [1.165, 1.54) is 0 Å². The van der Waals surface area contributed by atoms with Gasteiger partial charge < -0.3 is 10.1 Å². The second kappa shape index (κ2) is 7.36. The van der Waals surface area contributed by atoms with Crippen LogP contribution in [0.1, 0.15) is 18.2 Å². The molecule has 2 atom stereocenters. The van der Waals surface area contributed by atoms with Crippen LogP contribution in [0.3, 0.4) is 0 Å². The predicted molar refractivity (Wildman–Crippen MR) is 104 cm³/mol. The van der Waals surface area contributed by atoms with Crippen LogP contribution in [0.4, 0.5) is 5.82 Å². The SMILES string of the molecule is C[C@H](Oc1ccccc1)C(=O)Nc1c2c(nn1-c1ccccc1)C[S@](=O)C2.